The molecule has 6 heteroatoms. The predicted molar refractivity (Wildman–Crippen MR) is 109 cm³/mol. The maximum Gasteiger partial charge on any atom is 0.306 e. The van der Waals surface area contributed by atoms with Crippen molar-refractivity contribution >= 4 is 11.8 Å². The van der Waals surface area contributed by atoms with Crippen LogP contribution in [0.3, 0.4) is 0 Å². The highest BCUT2D eigenvalue weighted by atomic mass is 16.5. The Balaban J connectivity index is 2.30. The number of aryl methyl sites for hydroxylation is 1. The first-order valence-corrected chi connectivity index (χ1v) is 9.58. The highest BCUT2D eigenvalue weighted by Gasteiger charge is 2.26. The lowest BCUT2D eigenvalue weighted by Crippen LogP contribution is -2.17. The van der Waals surface area contributed by atoms with Gasteiger partial charge in [0.15, 0.2) is 0 Å². The van der Waals surface area contributed by atoms with Crippen LogP contribution < -0.4 is 0 Å². The van der Waals surface area contributed by atoms with E-state index in [4.69, 9.17) is 4.74 Å². The summed E-state index contributed by atoms with van der Waals surface area (Å²) in [7, 11) is 3.16. The van der Waals surface area contributed by atoms with Crippen LogP contribution in [-0.2, 0) is 27.8 Å². The maximum absolute atomic E-state index is 13.0. The van der Waals surface area contributed by atoms with Crippen molar-refractivity contribution in [3.63, 3.8) is 0 Å². The Morgan fingerprint density at radius 2 is 1.46 bits per heavy atom. The van der Waals surface area contributed by atoms with Gasteiger partial charge < -0.3 is 4.74 Å². The van der Waals surface area contributed by atoms with E-state index in [-0.39, 0.29) is 30.5 Å². The molecule has 1 aromatic carbocycles. The van der Waals surface area contributed by atoms with E-state index < -0.39 is 0 Å². The normalized spacial score (nSPS) is 12.1. The summed E-state index contributed by atoms with van der Waals surface area (Å²) in [5.74, 6) is -0.591. The molecule has 0 radical (unpaired) electrons. The molecule has 1 aromatic heterocycles. The number of carbonyl (C=O) groups is 2. The molecular formula is C22H31N3O3. The molecule has 0 N–H and O–H groups in total. The van der Waals surface area contributed by atoms with Crippen LogP contribution in [0.4, 0.5) is 0 Å². The first-order valence-electron chi connectivity index (χ1n) is 9.58. The highest BCUT2D eigenvalue weighted by Crippen LogP contribution is 2.29. The van der Waals surface area contributed by atoms with E-state index in [1.807, 2.05) is 6.92 Å². The monoisotopic (exact) mass is 385 g/mol. The second-order valence-electron chi connectivity index (χ2n) is 7.68. The number of esters is 1. The second kappa shape index (κ2) is 8.67. The fraction of sp³-hybridized carbons (Fsp3) is 0.545. The number of benzene rings is 1. The van der Waals surface area contributed by atoms with E-state index >= 15 is 0 Å². The van der Waals surface area contributed by atoms with Gasteiger partial charge in [-0.1, -0.05) is 5.21 Å². The average molecular weight is 386 g/mol. The number of nitrogens with zero attached hydrogens (tertiary/aromatic N) is 3. The number of hydrogen-bond donors (Lipinski definition) is 0. The minimum Gasteiger partial charge on any atom is -0.469 e. The highest BCUT2D eigenvalue weighted by molar-refractivity contribution is 5.83. The summed E-state index contributed by atoms with van der Waals surface area (Å²) in [4.78, 5) is 24.9. The summed E-state index contributed by atoms with van der Waals surface area (Å²) in [6.45, 7) is 12.4. The molecule has 1 atom stereocenters. The summed E-state index contributed by atoms with van der Waals surface area (Å²) in [5, 5.41) is 8.22. The minimum absolute atomic E-state index is 0.0906. The summed E-state index contributed by atoms with van der Waals surface area (Å²) in [6, 6.07) is 0. The van der Waals surface area contributed by atoms with Crippen LogP contribution in [0.5, 0.6) is 0 Å². The molecule has 0 spiro atoms. The standard InChI is InChI=1S/C22H31N3O3/c1-12-13(2)15(4)20(16(5)14(12)3)11-19(26)9-18(10-21(27)28-8)22-17(6)25(7)24-23-22/h18H,9-11H2,1-8H3/t18-/m1/s1. The number of ether oxygens (including phenoxy) is 1. The van der Waals surface area contributed by atoms with Crippen molar-refractivity contribution in [1.29, 1.82) is 0 Å². The van der Waals surface area contributed by atoms with Gasteiger partial charge in [0.25, 0.3) is 0 Å². The van der Waals surface area contributed by atoms with E-state index in [0.717, 1.165) is 11.3 Å². The van der Waals surface area contributed by atoms with Crippen LogP contribution in [-0.4, -0.2) is 33.9 Å². The van der Waals surface area contributed by atoms with Gasteiger partial charge in [0.05, 0.1) is 24.9 Å². The molecule has 6 nitrogen and oxygen atoms in total. The van der Waals surface area contributed by atoms with E-state index in [9.17, 15) is 9.59 Å². The van der Waals surface area contributed by atoms with Crippen LogP contribution in [0, 0.1) is 41.5 Å². The zero-order chi connectivity index (χ0) is 21.2. The molecule has 0 fully saturated rings. The van der Waals surface area contributed by atoms with Gasteiger partial charge >= 0.3 is 5.97 Å². The average Bonchev–Trinajstić information content (AvgIpc) is 3.00. The Hall–Kier alpha value is -2.50. The molecule has 0 aliphatic carbocycles. The third-order valence-electron chi connectivity index (χ3n) is 6.17. The molecule has 0 saturated carbocycles. The van der Waals surface area contributed by atoms with Crippen molar-refractivity contribution in [2.45, 2.75) is 66.7 Å². The van der Waals surface area contributed by atoms with E-state index in [1.165, 1.54) is 34.9 Å². The summed E-state index contributed by atoms with van der Waals surface area (Å²) >= 11 is 0. The lowest BCUT2D eigenvalue weighted by atomic mass is 9.85. The summed E-state index contributed by atoms with van der Waals surface area (Å²) in [5.41, 5.74) is 8.75. The summed E-state index contributed by atoms with van der Waals surface area (Å²) < 4.78 is 6.48. The molecule has 2 rings (SSSR count). The lowest BCUT2D eigenvalue weighted by molar-refractivity contribution is -0.141. The molecule has 2 aromatic rings. The largest absolute Gasteiger partial charge is 0.469 e. The molecule has 0 unspecified atom stereocenters. The topological polar surface area (TPSA) is 74.1 Å². The van der Waals surface area contributed by atoms with E-state index in [2.05, 4.69) is 44.9 Å². The Morgan fingerprint density at radius 1 is 0.929 bits per heavy atom. The first kappa shape index (κ1) is 21.8. The number of methoxy groups -OCH3 is 1. The molecule has 0 bridgehead atoms. The number of carbonyl (C=O) groups excluding carboxylic acids is 2. The van der Waals surface area contributed by atoms with Crippen LogP contribution in [0.2, 0.25) is 0 Å². The van der Waals surface area contributed by atoms with Gasteiger partial charge in [-0.25, -0.2) is 0 Å². The van der Waals surface area contributed by atoms with Gasteiger partial charge in [0.2, 0.25) is 0 Å². The van der Waals surface area contributed by atoms with Gasteiger partial charge in [-0.2, -0.15) is 0 Å². The molecule has 152 valence electrons. The van der Waals surface area contributed by atoms with Gasteiger partial charge in [0.1, 0.15) is 5.78 Å². The number of hydrogen-bond acceptors (Lipinski definition) is 5. The van der Waals surface area contributed by atoms with Crippen molar-refractivity contribution in [3.8, 4) is 0 Å². The van der Waals surface area contributed by atoms with Gasteiger partial charge in [-0.15, -0.1) is 5.10 Å². The Morgan fingerprint density at radius 3 is 1.93 bits per heavy atom. The molecular weight excluding hydrogens is 354 g/mol. The molecule has 1 heterocycles. The van der Waals surface area contributed by atoms with E-state index in [1.54, 1.807) is 11.7 Å². The van der Waals surface area contributed by atoms with Crippen molar-refractivity contribution < 1.29 is 14.3 Å². The maximum atomic E-state index is 13.0. The molecule has 0 aliphatic rings. The second-order valence-corrected chi connectivity index (χ2v) is 7.68. The first-order chi connectivity index (χ1) is 13.1. The Kier molecular flexibility index (Phi) is 6.75. The van der Waals surface area contributed by atoms with Crippen LogP contribution in [0.1, 0.15) is 63.5 Å². The van der Waals surface area contributed by atoms with Crippen LogP contribution in [0.25, 0.3) is 0 Å². The Labute approximate surface area is 167 Å². The smallest absolute Gasteiger partial charge is 0.306 e. The molecule has 0 aliphatic heterocycles. The molecule has 0 amide bonds. The van der Waals surface area contributed by atoms with Crippen molar-refractivity contribution in [2.24, 2.45) is 7.05 Å². The van der Waals surface area contributed by atoms with Crippen molar-refractivity contribution in [1.82, 2.24) is 15.0 Å². The molecule has 0 saturated heterocycles. The number of Topliss-reactive ketones (excluding diaryl/α,β-unsaturated/α-hetero) is 1. The number of rotatable bonds is 7. The molecule has 28 heavy (non-hydrogen) atoms. The minimum atomic E-state index is -0.350. The number of ketones is 1. The third-order valence-corrected chi connectivity index (χ3v) is 6.17. The van der Waals surface area contributed by atoms with Gasteiger partial charge in [0, 0.05) is 25.8 Å². The quantitative estimate of drug-likeness (QED) is 0.682. The predicted octanol–water partition coefficient (Wildman–Crippen LogP) is 3.51. The Bertz CT molecular complexity index is 883. The summed E-state index contributed by atoms with van der Waals surface area (Å²) in [6.07, 6.45) is 0.710. The van der Waals surface area contributed by atoms with Gasteiger partial charge in [-0.05, 0) is 74.9 Å². The number of aromatic nitrogens is 3. The SMILES string of the molecule is COC(=O)C[C@@H](CC(=O)Cc1c(C)c(C)c(C)c(C)c1C)c1nnn(C)c1C. The lowest BCUT2D eigenvalue weighted by Gasteiger charge is -2.19. The van der Waals surface area contributed by atoms with Gasteiger partial charge in [-0.3, -0.25) is 14.3 Å². The van der Waals surface area contributed by atoms with Crippen LogP contribution in [0.15, 0.2) is 0 Å². The van der Waals surface area contributed by atoms with Crippen LogP contribution >= 0.6 is 0 Å². The van der Waals surface area contributed by atoms with Crippen molar-refractivity contribution in [2.75, 3.05) is 7.11 Å². The third kappa shape index (κ3) is 4.32. The fourth-order valence-corrected chi connectivity index (χ4v) is 3.73. The van der Waals surface area contributed by atoms with E-state index in [0.29, 0.717) is 12.1 Å². The zero-order valence-corrected chi connectivity index (χ0v) is 18.3. The van der Waals surface area contributed by atoms with Crippen molar-refractivity contribution in [3.05, 3.63) is 44.8 Å². The fourth-order valence-electron chi connectivity index (χ4n) is 3.73. The zero-order valence-electron chi connectivity index (χ0n) is 18.3.